The molecule has 0 fully saturated rings. The predicted octanol–water partition coefficient (Wildman–Crippen LogP) is 4.68. The molecule has 0 radical (unpaired) electrons. The first-order valence-electron chi connectivity index (χ1n) is 9.96. The molecule has 6 nitrogen and oxygen atoms in total. The van der Waals surface area contributed by atoms with Crippen molar-refractivity contribution in [3.05, 3.63) is 65.4 Å². The number of benzene rings is 2. The molecule has 0 bridgehead atoms. The van der Waals surface area contributed by atoms with E-state index in [1.54, 1.807) is 7.11 Å². The Morgan fingerprint density at radius 3 is 2.76 bits per heavy atom. The highest BCUT2D eigenvalue weighted by atomic mass is 16.5. The van der Waals surface area contributed by atoms with Gasteiger partial charge in [-0.3, -0.25) is 4.57 Å². The smallest absolute Gasteiger partial charge is 0.338 e. The third-order valence-electron chi connectivity index (χ3n) is 5.12. The lowest BCUT2D eigenvalue weighted by Gasteiger charge is -2.31. The highest BCUT2D eigenvalue weighted by molar-refractivity contribution is 5.94. The Kier molecular flexibility index (Phi) is 5.25. The highest BCUT2D eigenvalue weighted by Gasteiger charge is 2.36. The number of carbonyl (C=O) groups is 1. The van der Waals surface area contributed by atoms with Gasteiger partial charge in [-0.2, -0.15) is 0 Å². The molecule has 0 saturated carbocycles. The Bertz CT molecular complexity index is 1080. The number of allylic oxidation sites excluding steroid dienone is 1. The second kappa shape index (κ2) is 7.99. The number of carbonyl (C=O) groups excluding carboxylic acids is 1. The quantitative estimate of drug-likeness (QED) is 0.618. The molecule has 0 amide bonds. The van der Waals surface area contributed by atoms with Crippen molar-refractivity contribution in [1.82, 2.24) is 9.55 Å². The van der Waals surface area contributed by atoms with E-state index in [0.717, 1.165) is 46.8 Å². The lowest BCUT2D eigenvalue weighted by Crippen LogP contribution is -2.29. The van der Waals surface area contributed by atoms with Crippen LogP contribution in [-0.2, 0) is 9.53 Å². The Morgan fingerprint density at radius 2 is 2.00 bits per heavy atom. The van der Waals surface area contributed by atoms with Crippen LogP contribution in [0.25, 0.3) is 11.0 Å². The fraction of sp³-hybridized carbons (Fsp3) is 0.304. The van der Waals surface area contributed by atoms with Gasteiger partial charge in [0.2, 0.25) is 5.95 Å². The SMILES string of the molecule is CCCC1=C(C(=O)OCC)C(c2cccc(OC)c2)n2c(nc3ccccc32)N1. The molecule has 1 N–H and O–H groups in total. The molecule has 0 spiro atoms. The lowest BCUT2D eigenvalue weighted by molar-refractivity contribution is -0.139. The Morgan fingerprint density at radius 1 is 1.17 bits per heavy atom. The number of nitrogens with zero attached hydrogens (tertiary/aromatic N) is 2. The van der Waals surface area contributed by atoms with Gasteiger partial charge in [0.1, 0.15) is 5.75 Å². The number of esters is 1. The van der Waals surface area contributed by atoms with Gasteiger partial charge >= 0.3 is 5.97 Å². The van der Waals surface area contributed by atoms with Crippen molar-refractivity contribution in [3.63, 3.8) is 0 Å². The summed E-state index contributed by atoms with van der Waals surface area (Å²) < 4.78 is 13.0. The fourth-order valence-corrected chi connectivity index (χ4v) is 3.91. The van der Waals surface area contributed by atoms with Crippen LogP contribution in [0.15, 0.2) is 59.8 Å². The van der Waals surface area contributed by atoms with Gasteiger partial charge in [0.25, 0.3) is 0 Å². The van der Waals surface area contributed by atoms with Crippen LogP contribution >= 0.6 is 0 Å². The molecule has 0 saturated heterocycles. The average Bonchev–Trinajstić information content (AvgIpc) is 3.11. The van der Waals surface area contributed by atoms with Crippen molar-refractivity contribution in [3.8, 4) is 5.75 Å². The van der Waals surface area contributed by atoms with Crippen molar-refractivity contribution in [1.29, 1.82) is 0 Å². The fourth-order valence-electron chi connectivity index (χ4n) is 3.91. The zero-order valence-electron chi connectivity index (χ0n) is 16.9. The van der Waals surface area contributed by atoms with Crippen molar-refractivity contribution >= 4 is 23.0 Å². The Hall–Kier alpha value is -3.28. The van der Waals surface area contributed by atoms with Crippen molar-refractivity contribution in [2.24, 2.45) is 0 Å². The molecular formula is C23H25N3O3. The second-order valence-corrected chi connectivity index (χ2v) is 6.96. The molecule has 2 heterocycles. The van der Waals surface area contributed by atoms with Crippen LogP contribution < -0.4 is 10.1 Å². The number of hydrogen-bond donors (Lipinski definition) is 1. The van der Waals surface area contributed by atoms with E-state index in [-0.39, 0.29) is 12.0 Å². The highest BCUT2D eigenvalue weighted by Crippen LogP contribution is 2.41. The maximum atomic E-state index is 13.1. The first-order chi connectivity index (χ1) is 14.2. The van der Waals surface area contributed by atoms with Crippen LogP contribution in [0.4, 0.5) is 5.95 Å². The zero-order chi connectivity index (χ0) is 20.4. The average molecular weight is 391 g/mol. The van der Waals surface area contributed by atoms with Gasteiger partial charge in [0, 0.05) is 5.70 Å². The summed E-state index contributed by atoms with van der Waals surface area (Å²) in [5, 5.41) is 3.40. The first kappa shape index (κ1) is 19.1. The van der Waals surface area contributed by atoms with Crippen LogP contribution in [-0.4, -0.2) is 29.2 Å². The van der Waals surface area contributed by atoms with Crippen molar-refractivity contribution in [2.75, 3.05) is 19.0 Å². The number of methoxy groups -OCH3 is 1. The first-order valence-corrected chi connectivity index (χ1v) is 9.96. The maximum absolute atomic E-state index is 13.1. The minimum Gasteiger partial charge on any atom is -0.497 e. The molecule has 1 unspecified atom stereocenters. The molecule has 1 aromatic heterocycles. The van der Waals surface area contributed by atoms with Crippen LogP contribution in [0.1, 0.15) is 38.3 Å². The molecule has 3 aromatic rings. The van der Waals surface area contributed by atoms with Crippen LogP contribution in [0.5, 0.6) is 5.75 Å². The zero-order valence-corrected chi connectivity index (χ0v) is 16.9. The summed E-state index contributed by atoms with van der Waals surface area (Å²) in [6.07, 6.45) is 1.63. The third-order valence-corrected chi connectivity index (χ3v) is 5.12. The standard InChI is InChI=1S/C23H25N3O3/c1-4-9-18-20(22(27)29-5-2)21(15-10-8-11-16(14-15)28-3)26-19-13-7-6-12-17(19)24-23(26)25-18/h6-8,10-14,21H,4-5,9H2,1-3H3,(H,24,25). The maximum Gasteiger partial charge on any atom is 0.338 e. The summed E-state index contributed by atoms with van der Waals surface area (Å²) >= 11 is 0. The van der Waals surface area contributed by atoms with E-state index in [9.17, 15) is 4.79 Å². The van der Waals surface area contributed by atoms with Crippen LogP contribution in [0.2, 0.25) is 0 Å². The van der Waals surface area contributed by atoms with Gasteiger partial charge in [0.15, 0.2) is 0 Å². The normalized spacial score (nSPS) is 15.8. The van der Waals surface area contributed by atoms with Gasteiger partial charge in [-0.05, 0) is 43.2 Å². The minimum atomic E-state index is -0.352. The van der Waals surface area contributed by atoms with E-state index in [4.69, 9.17) is 14.5 Å². The van der Waals surface area contributed by atoms with Gasteiger partial charge < -0.3 is 14.8 Å². The van der Waals surface area contributed by atoms with Crippen molar-refractivity contribution < 1.29 is 14.3 Å². The second-order valence-electron chi connectivity index (χ2n) is 6.96. The van der Waals surface area contributed by atoms with E-state index < -0.39 is 0 Å². The summed E-state index contributed by atoms with van der Waals surface area (Å²) in [6, 6.07) is 15.4. The topological polar surface area (TPSA) is 65.4 Å². The molecule has 29 heavy (non-hydrogen) atoms. The van der Waals surface area contributed by atoms with Gasteiger partial charge in [-0.25, -0.2) is 9.78 Å². The number of anilines is 1. The number of nitrogens with one attached hydrogen (secondary N) is 1. The number of fused-ring (bicyclic) bond motifs is 3. The Balaban J connectivity index is 1.99. The number of rotatable bonds is 6. The molecule has 2 aromatic carbocycles. The van der Waals surface area contributed by atoms with E-state index in [1.165, 1.54) is 0 Å². The molecule has 1 aliphatic rings. The van der Waals surface area contributed by atoms with E-state index in [0.29, 0.717) is 12.2 Å². The van der Waals surface area contributed by atoms with Gasteiger partial charge in [-0.15, -0.1) is 0 Å². The monoisotopic (exact) mass is 391 g/mol. The predicted molar refractivity (Wildman–Crippen MR) is 113 cm³/mol. The lowest BCUT2D eigenvalue weighted by atomic mass is 9.93. The summed E-state index contributed by atoms with van der Waals surface area (Å²) in [6.45, 7) is 4.24. The van der Waals surface area contributed by atoms with Gasteiger partial charge in [-0.1, -0.05) is 37.6 Å². The van der Waals surface area contributed by atoms with E-state index in [1.807, 2.05) is 55.5 Å². The summed E-state index contributed by atoms with van der Waals surface area (Å²) in [7, 11) is 1.64. The van der Waals surface area contributed by atoms with Crippen molar-refractivity contribution in [2.45, 2.75) is 32.7 Å². The molecule has 150 valence electrons. The number of ether oxygens (including phenoxy) is 2. The molecule has 0 aliphatic carbocycles. The van der Waals surface area contributed by atoms with E-state index in [2.05, 4.69) is 16.8 Å². The minimum absolute atomic E-state index is 0.306. The molecule has 4 rings (SSSR count). The number of aromatic nitrogens is 2. The molecular weight excluding hydrogens is 366 g/mol. The number of imidazole rings is 1. The summed E-state index contributed by atoms with van der Waals surface area (Å²) in [4.78, 5) is 17.9. The third kappa shape index (κ3) is 3.35. The van der Waals surface area contributed by atoms with Crippen LogP contribution in [0, 0.1) is 0 Å². The number of hydrogen-bond acceptors (Lipinski definition) is 5. The molecule has 1 atom stereocenters. The molecule has 1 aliphatic heterocycles. The Labute approximate surface area is 170 Å². The van der Waals surface area contributed by atoms with E-state index >= 15 is 0 Å². The summed E-state index contributed by atoms with van der Waals surface area (Å²) in [5.74, 6) is 1.17. The largest absolute Gasteiger partial charge is 0.497 e. The molecule has 6 heteroatoms. The van der Waals surface area contributed by atoms with Crippen LogP contribution in [0.3, 0.4) is 0 Å². The van der Waals surface area contributed by atoms with Gasteiger partial charge in [0.05, 0.1) is 36.4 Å². The number of para-hydroxylation sites is 2. The summed E-state index contributed by atoms with van der Waals surface area (Å²) in [5.41, 5.74) is 4.27.